The average molecular weight is 418 g/mol. The van der Waals surface area contributed by atoms with E-state index in [1.807, 2.05) is 55.5 Å². The lowest BCUT2D eigenvalue weighted by Gasteiger charge is -2.07. The van der Waals surface area contributed by atoms with Gasteiger partial charge in [0.05, 0.1) is 5.56 Å². The normalized spacial score (nSPS) is 11.2. The largest absolute Gasteiger partial charge is 0.365 e. The fraction of sp³-hybridized carbons (Fsp3) is 0.160. The molecule has 0 aromatic heterocycles. The van der Waals surface area contributed by atoms with Crippen LogP contribution in [0.5, 0.6) is 0 Å². The summed E-state index contributed by atoms with van der Waals surface area (Å²) in [5.41, 5.74) is 1.17. The summed E-state index contributed by atoms with van der Waals surface area (Å²) < 4.78 is 0. The number of oxime groups is 1. The summed E-state index contributed by atoms with van der Waals surface area (Å²) in [5.74, 6) is -0.799. The van der Waals surface area contributed by atoms with Crippen LogP contribution >= 0.6 is 11.8 Å². The first-order chi connectivity index (χ1) is 14.7. The van der Waals surface area contributed by atoms with Gasteiger partial charge in [-0.25, -0.2) is 4.79 Å². The number of benzene rings is 3. The van der Waals surface area contributed by atoms with E-state index in [1.54, 1.807) is 48.2 Å². The molecule has 3 rings (SSSR count). The number of hydrogen-bond acceptors (Lipinski definition) is 5. The molecule has 0 aliphatic rings. The summed E-state index contributed by atoms with van der Waals surface area (Å²) >= 11 is 1.63. The van der Waals surface area contributed by atoms with Crippen LogP contribution in [0.15, 0.2) is 99.9 Å². The Balaban J connectivity index is 1.71. The van der Waals surface area contributed by atoms with Gasteiger partial charge in [-0.15, -0.1) is 0 Å². The quantitative estimate of drug-likeness (QED) is 0.174. The maximum atomic E-state index is 12.9. The Morgan fingerprint density at radius 2 is 1.40 bits per heavy atom. The van der Waals surface area contributed by atoms with Crippen LogP contribution in [0.25, 0.3) is 0 Å². The van der Waals surface area contributed by atoms with Crippen molar-refractivity contribution in [1.82, 2.24) is 0 Å². The van der Waals surface area contributed by atoms with Crippen molar-refractivity contribution in [3.63, 3.8) is 0 Å². The van der Waals surface area contributed by atoms with Gasteiger partial charge >= 0.3 is 5.97 Å². The molecular weight excluding hydrogens is 394 g/mol. The molecule has 152 valence electrons. The van der Waals surface area contributed by atoms with E-state index in [0.717, 1.165) is 22.6 Å². The molecule has 3 aromatic rings. The van der Waals surface area contributed by atoms with Gasteiger partial charge in [-0.3, -0.25) is 4.79 Å². The van der Waals surface area contributed by atoms with Crippen LogP contribution in [-0.2, 0) is 4.84 Å². The zero-order chi connectivity index (χ0) is 21.2. The molecule has 3 aromatic carbocycles. The molecular formula is C25H23NO3S. The van der Waals surface area contributed by atoms with Gasteiger partial charge in [0, 0.05) is 15.4 Å². The Kier molecular flexibility index (Phi) is 7.98. The number of carbonyl (C=O) groups is 2. The zero-order valence-electron chi connectivity index (χ0n) is 16.8. The SMILES string of the molecule is CCCCC(=NOC(=O)c1ccccc1)C(=O)c1ccc(Sc2ccccc2)cc1. The van der Waals surface area contributed by atoms with E-state index < -0.39 is 5.97 Å². The molecule has 0 aliphatic heterocycles. The Labute approximate surface area is 181 Å². The molecule has 0 saturated carbocycles. The first-order valence-electron chi connectivity index (χ1n) is 9.88. The van der Waals surface area contributed by atoms with Gasteiger partial charge in [-0.2, -0.15) is 0 Å². The van der Waals surface area contributed by atoms with E-state index >= 15 is 0 Å². The zero-order valence-corrected chi connectivity index (χ0v) is 17.6. The second-order valence-corrected chi connectivity index (χ2v) is 7.80. The number of rotatable bonds is 9. The predicted molar refractivity (Wildman–Crippen MR) is 120 cm³/mol. The summed E-state index contributed by atoms with van der Waals surface area (Å²) in [6.45, 7) is 2.04. The minimum Gasteiger partial charge on any atom is -0.312 e. The molecule has 0 unspecified atom stereocenters. The molecule has 5 heteroatoms. The van der Waals surface area contributed by atoms with Crippen LogP contribution in [0.1, 0.15) is 46.9 Å². The smallest absolute Gasteiger partial charge is 0.312 e. The molecule has 0 aliphatic carbocycles. The average Bonchev–Trinajstić information content (AvgIpc) is 2.80. The van der Waals surface area contributed by atoms with Crippen LogP contribution in [-0.4, -0.2) is 17.5 Å². The molecule has 4 nitrogen and oxygen atoms in total. The van der Waals surface area contributed by atoms with Crippen LogP contribution in [0.2, 0.25) is 0 Å². The minimum atomic E-state index is -0.577. The predicted octanol–water partition coefficient (Wildman–Crippen LogP) is 6.42. The highest BCUT2D eigenvalue weighted by atomic mass is 32.2. The molecule has 0 radical (unpaired) electrons. The van der Waals surface area contributed by atoms with Crippen molar-refractivity contribution < 1.29 is 14.4 Å². The highest BCUT2D eigenvalue weighted by Gasteiger charge is 2.16. The van der Waals surface area contributed by atoms with Gasteiger partial charge in [-0.05, 0) is 61.4 Å². The monoisotopic (exact) mass is 417 g/mol. The van der Waals surface area contributed by atoms with Crippen molar-refractivity contribution in [2.75, 3.05) is 0 Å². The second-order valence-electron chi connectivity index (χ2n) is 6.65. The maximum Gasteiger partial charge on any atom is 0.365 e. The third-order valence-electron chi connectivity index (χ3n) is 4.37. The number of carbonyl (C=O) groups excluding carboxylic acids is 2. The van der Waals surface area contributed by atoms with Gasteiger partial charge in [0.25, 0.3) is 0 Å². The molecule has 0 heterocycles. The molecule has 30 heavy (non-hydrogen) atoms. The Morgan fingerprint density at radius 1 is 0.800 bits per heavy atom. The van der Waals surface area contributed by atoms with E-state index in [-0.39, 0.29) is 11.5 Å². The van der Waals surface area contributed by atoms with E-state index in [4.69, 9.17) is 4.84 Å². The van der Waals surface area contributed by atoms with Crippen LogP contribution in [0.4, 0.5) is 0 Å². The molecule has 0 amide bonds. The van der Waals surface area contributed by atoms with Crippen LogP contribution in [0.3, 0.4) is 0 Å². The van der Waals surface area contributed by atoms with Gasteiger partial charge < -0.3 is 4.84 Å². The number of unbranched alkanes of at least 4 members (excludes halogenated alkanes) is 1. The third kappa shape index (κ3) is 6.16. The summed E-state index contributed by atoms with van der Waals surface area (Å²) in [7, 11) is 0. The first kappa shape index (κ1) is 21.5. The lowest BCUT2D eigenvalue weighted by atomic mass is 10.0. The molecule has 0 spiro atoms. The molecule has 0 bridgehead atoms. The van der Waals surface area contributed by atoms with Crippen molar-refractivity contribution in [1.29, 1.82) is 0 Å². The summed E-state index contributed by atoms with van der Waals surface area (Å²) in [5, 5.41) is 3.92. The van der Waals surface area contributed by atoms with Crippen molar-refractivity contribution >= 4 is 29.2 Å². The highest BCUT2D eigenvalue weighted by molar-refractivity contribution is 7.99. The van der Waals surface area contributed by atoms with Gasteiger partial charge in [0.15, 0.2) is 0 Å². The van der Waals surface area contributed by atoms with Gasteiger partial charge in [0.2, 0.25) is 5.78 Å². The van der Waals surface area contributed by atoms with Gasteiger partial charge in [-0.1, -0.05) is 66.7 Å². The van der Waals surface area contributed by atoms with E-state index in [1.165, 1.54) is 0 Å². The summed E-state index contributed by atoms with van der Waals surface area (Å²) in [6, 6.07) is 26.1. The highest BCUT2D eigenvalue weighted by Crippen LogP contribution is 2.27. The number of hydrogen-bond donors (Lipinski definition) is 0. The number of Topliss-reactive ketones (excluding diaryl/α,β-unsaturated/α-hetero) is 1. The van der Waals surface area contributed by atoms with E-state index in [0.29, 0.717) is 17.5 Å². The standard InChI is InChI=1S/C25H23NO3S/c1-2-3-14-23(26-29-25(28)20-10-6-4-7-11-20)24(27)19-15-17-22(18-16-19)30-21-12-8-5-9-13-21/h4-13,15-18H,2-3,14H2,1H3. The fourth-order valence-electron chi connectivity index (χ4n) is 2.73. The van der Waals surface area contributed by atoms with Crippen molar-refractivity contribution in [2.24, 2.45) is 5.16 Å². The number of ketones is 1. The fourth-order valence-corrected chi connectivity index (χ4v) is 3.57. The topological polar surface area (TPSA) is 55.7 Å². The van der Waals surface area contributed by atoms with Crippen molar-refractivity contribution in [3.8, 4) is 0 Å². The van der Waals surface area contributed by atoms with E-state index in [2.05, 4.69) is 5.16 Å². The Morgan fingerprint density at radius 3 is 2.03 bits per heavy atom. The second kappa shape index (κ2) is 11.1. The number of nitrogens with zero attached hydrogens (tertiary/aromatic N) is 1. The minimum absolute atomic E-state index is 0.222. The first-order valence-corrected chi connectivity index (χ1v) is 10.7. The Bertz CT molecular complexity index is 1000. The van der Waals surface area contributed by atoms with Crippen LogP contribution < -0.4 is 0 Å². The summed E-state index contributed by atoms with van der Waals surface area (Å²) in [4.78, 5) is 32.3. The van der Waals surface area contributed by atoms with Crippen LogP contribution in [0, 0.1) is 0 Å². The molecule has 0 N–H and O–H groups in total. The lowest BCUT2D eigenvalue weighted by Crippen LogP contribution is -2.16. The Hall–Kier alpha value is -3.18. The van der Waals surface area contributed by atoms with Crippen molar-refractivity contribution in [2.45, 2.75) is 36.0 Å². The molecule has 0 saturated heterocycles. The van der Waals surface area contributed by atoms with Crippen molar-refractivity contribution in [3.05, 3.63) is 96.1 Å². The maximum absolute atomic E-state index is 12.9. The summed E-state index contributed by atoms with van der Waals surface area (Å²) in [6.07, 6.45) is 2.15. The third-order valence-corrected chi connectivity index (χ3v) is 5.39. The lowest BCUT2D eigenvalue weighted by molar-refractivity contribution is 0.0514. The van der Waals surface area contributed by atoms with E-state index in [9.17, 15) is 9.59 Å². The molecule has 0 atom stereocenters. The van der Waals surface area contributed by atoms with Gasteiger partial charge in [0.1, 0.15) is 5.71 Å². The molecule has 0 fully saturated rings.